The maximum atomic E-state index is 14.6. The highest BCUT2D eigenvalue weighted by atomic mass is 35.5. The maximum absolute atomic E-state index is 14.6. The van der Waals surface area contributed by atoms with Crippen LogP contribution in [0.5, 0.6) is 5.75 Å². The number of pyridine rings is 1. The smallest absolute Gasteiger partial charge is 0.222 e. The van der Waals surface area contributed by atoms with Gasteiger partial charge < -0.3 is 15.4 Å². The largest absolute Gasteiger partial charge is 0.488 e. The number of hydrogen-bond acceptors (Lipinski definition) is 6. The highest BCUT2D eigenvalue weighted by molar-refractivity contribution is 6.31. The van der Waals surface area contributed by atoms with Gasteiger partial charge in [-0.15, -0.1) is 0 Å². The molecule has 1 aliphatic rings. The lowest BCUT2D eigenvalue weighted by molar-refractivity contribution is -0.132. The summed E-state index contributed by atoms with van der Waals surface area (Å²) in [4.78, 5) is 26.3. The monoisotopic (exact) mass is 447 g/mol. The zero-order chi connectivity index (χ0) is 22.1. The summed E-state index contributed by atoms with van der Waals surface area (Å²) in [6, 6.07) is 2.31. The van der Waals surface area contributed by atoms with Gasteiger partial charge in [0.25, 0.3) is 0 Å². The number of aromatic nitrogens is 3. The van der Waals surface area contributed by atoms with Crippen molar-refractivity contribution in [3.63, 3.8) is 0 Å². The van der Waals surface area contributed by atoms with Crippen LogP contribution in [0.15, 0.2) is 24.7 Å². The zero-order valence-electron chi connectivity index (χ0n) is 16.7. The van der Waals surface area contributed by atoms with Crippen LogP contribution in [0.2, 0.25) is 5.02 Å². The molecule has 2 N–H and O–H groups in total. The molecule has 4 rings (SSSR count). The summed E-state index contributed by atoms with van der Waals surface area (Å²) in [5.74, 6) is -1.17. The number of piperidine rings is 1. The molecule has 10 heteroatoms. The van der Waals surface area contributed by atoms with Crippen LogP contribution in [0, 0.1) is 11.6 Å². The number of carbonyl (C=O) groups excluding carboxylic acids is 1. The van der Waals surface area contributed by atoms with Crippen molar-refractivity contribution < 1.29 is 18.3 Å². The van der Waals surface area contributed by atoms with Crippen molar-refractivity contribution in [1.29, 1.82) is 0 Å². The third kappa shape index (κ3) is 3.97. The highest BCUT2D eigenvalue weighted by Gasteiger charge is 2.25. The van der Waals surface area contributed by atoms with Crippen LogP contribution >= 0.6 is 11.6 Å². The van der Waals surface area contributed by atoms with Crippen LogP contribution in [-0.4, -0.2) is 45.0 Å². The quantitative estimate of drug-likeness (QED) is 0.608. The molecule has 0 saturated carbocycles. The fraction of sp³-hybridized carbons (Fsp3) is 0.333. The number of anilines is 1. The van der Waals surface area contributed by atoms with Crippen molar-refractivity contribution in [2.45, 2.75) is 32.3 Å². The number of halogens is 3. The second kappa shape index (κ2) is 8.58. The maximum Gasteiger partial charge on any atom is 0.222 e. The summed E-state index contributed by atoms with van der Waals surface area (Å²) >= 11 is 5.73. The second-order valence-corrected chi connectivity index (χ2v) is 7.61. The van der Waals surface area contributed by atoms with Crippen molar-refractivity contribution in [3.05, 3.63) is 41.3 Å². The number of nitrogens with two attached hydrogens (primary N) is 1. The number of benzene rings is 1. The van der Waals surface area contributed by atoms with Gasteiger partial charge in [-0.25, -0.2) is 23.7 Å². The Labute approximate surface area is 182 Å². The third-order valence-electron chi connectivity index (χ3n) is 5.34. The first kappa shape index (κ1) is 21.2. The van der Waals surface area contributed by atoms with Crippen molar-refractivity contribution in [1.82, 2.24) is 19.9 Å². The van der Waals surface area contributed by atoms with Crippen LogP contribution in [0.1, 0.15) is 26.2 Å². The minimum atomic E-state index is -0.936. The molecule has 162 valence electrons. The van der Waals surface area contributed by atoms with Crippen molar-refractivity contribution >= 4 is 34.2 Å². The van der Waals surface area contributed by atoms with E-state index in [9.17, 15) is 13.6 Å². The van der Waals surface area contributed by atoms with E-state index in [1.54, 1.807) is 0 Å². The number of rotatable bonds is 4. The molecule has 3 aromatic rings. The van der Waals surface area contributed by atoms with Gasteiger partial charge in [0, 0.05) is 37.9 Å². The van der Waals surface area contributed by atoms with E-state index < -0.39 is 16.7 Å². The van der Waals surface area contributed by atoms with Crippen LogP contribution in [0.4, 0.5) is 14.6 Å². The molecule has 31 heavy (non-hydrogen) atoms. The molecule has 1 aromatic carbocycles. The first-order chi connectivity index (χ1) is 14.9. The number of nitrogen functional groups attached to an aromatic ring is 1. The summed E-state index contributed by atoms with van der Waals surface area (Å²) in [7, 11) is 0. The summed E-state index contributed by atoms with van der Waals surface area (Å²) in [5, 5.41) is -0.234. The van der Waals surface area contributed by atoms with E-state index >= 15 is 0 Å². The van der Waals surface area contributed by atoms with E-state index in [0.29, 0.717) is 43.5 Å². The lowest BCUT2D eigenvalue weighted by Gasteiger charge is -2.32. The zero-order valence-corrected chi connectivity index (χ0v) is 17.5. The molecule has 0 radical (unpaired) electrons. The first-order valence-electron chi connectivity index (χ1n) is 9.88. The average molecular weight is 448 g/mol. The Morgan fingerprint density at radius 1 is 1.26 bits per heavy atom. The molecule has 7 nitrogen and oxygen atoms in total. The lowest BCUT2D eigenvalue weighted by Crippen LogP contribution is -2.41. The predicted molar refractivity (Wildman–Crippen MR) is 113 cm³/mol. The number of ether oxygens (including phenoxy) is 1. The van der Waals surface area contributed by atoms with Crippen molar-refractivity contribution in [2.75, 3.05) is 18.8 Å². The molecule has 0 aliphatic carbocycles. The Kier molecular flexibility index (Phi) is 5.86. The van der Waals surface area contributed by atoms with E-state index in [0.717, 1.165) is 6.07 Å². The van der Waals surface area contributed by atoms with Crippen molar-refractivity contribution in [2.24, 2.45) is 0 Å². The Bertz CT molecular complexity index is 1150. The van der Waals surface area contributed by atoms with Gasteiger partial charge in [0.05, 0.1) is 17.3 Å². The van der Waals surface area contributed by atoms with E-state index in [2.05, 4.69) is 15.0 Å². The third-order valence-corrected chi connectivity index (χ3v) is 5.69. The minimum absolute atomic E-state index is 0.00700. The molecule has 3 heterocycles. The van der Waals surface area contributed by atoms with Gasteiger partial charge in [-0.3, -0.25) is 4.79 Å². The Hall–Kier alpha value is -3.07. The standard InChI is InChI=1S/C21H20ClF2N5O2/c1-2-15(30)29-7-5-11(6-8-29)31-14-9-26-19(20-16(14)21(25)28-10-27-20)12-3-4-13(23)17(22)18(12)24/h3-4,9-11H,2,5-8H2,1H3,(H2,25,27,28). The topological polar surface area (TPSA) is 94.2 Å². The van der Waals surface area contributed by atoms with Gasteiger partial charge in [0.2, 0.25) is 5.91 Å². The molecular weight excluding hydrogens is 428 g/mol. The summed E-state index contributed by atoms with van der Waals surface area (Å²) in [5.41, 5.74) is 6.50. The molecule has 0 unspecified atom stereocenters. The van der Waals surface area contributed by atoms with Crippen molar-refractivity contribution in [3.8, 4) is 17.0 Å². The lowest BCUT2D eigenvalue weighted by atomic mass is 10.1. The molecule has 0 bridgehead atoms. The second-order valence-electron chi connectivity index (χ2n) is 7.23. The molecule has 1 saturated heterocycles. The van der Waals surface area contributed by atoms with Gasteiger partial charge in [-0.1, -0.05) is 18.5 Å². The number of fused-ring (bicyclic) bond motifs is 1. The fourth-order valence-electron chi connectivity index (χ4n) is 3.69. The number of amides is 1. The molecule has 1 aliphatic heterocycles. The average Bonchev–Trinajstić information content (AvgIpc) is 2.78. The van der Waals surface area contributed by atoms with Crippen LogP contribution in [0.25, 0.3) is 22.2 Å². The summed E-state index contributed by atoms with van der Waals surface area (Å²) in [6.45, 7) is 3.04. The van der Waals surface area contributed by atoms with Crippen LogP contribution < -0.4 is 10.5 Å². The minimum Gasteiger partial charge on any atom is -0.488 e. The highest BCUT2D eigenvalue weighted by Crippen LogP contribution is 2.37. The molecule has 1 fully saturated rings. The predicted octanol–water partition coefficient (Wildman–Crippen LogP) is 3.99. The van der Waals surface area contributed by atoms with Gasteiger partial charge in [-0.05, 0) is 12.1 Å². The van der Waals surface area contributed by atoms with E-state index in [-0.39, 0.29) is 34.6 Å². The summed E-state index contributed by atoms with van der Waals surface area (Å²) in [6.07, 6.45) is 4.31. The number of hydrogen-bond donors (Lipinski definition) is 1. The van der Waals surface area contributed by atoms with Gasteiger partial charge >= 0.3 is 0 Å². The molecule has 0 spiro atoms. The normalized spacial score (nSPS) is 14.8. The van der Waals surface area contributed by atoms with Gasteiger partial charge in [-0.2, -0.15) is 0 Å². The molecule has 2 aromatic heterocycles. The van der Waals surface area contributed by atoms with Crippen LogP contribution in [0.3, 0.4) is 0 Å². The first-order valence-corrected chi connectivity index (χ1v) is 10.3. The molecule has 0 atom stereocenters. The van der Waals surface area contributed by atoms with E-state index in [4.69, 9.17) is 22.1 Å². The Balaban J connectivity index is 1.69. The van der Waals surface area contributed by atoms with E-state index in [1.807, 2.05) is 11.8 Å². The van der Waals surface area contributed by atoms with Gasteiger partial charge in [0.15, 0.2) is 11.6 Å². The van der Waals surface area contributed by atoms with Gasteiger partial charge in [0.1, 0.15) is 34.6 Å². The van der Waals surface area contributed by atoms with E-state index in [1.165, 1.54) is 18.6 Å². The fourth-order valence-corrected chi connectivity index (χ4v) is 3.86. The Morgan fingerprint density at radius 3 is 2.71 bits per heavy atom. The number of nitrogens with zero attached hydrogens (tertiary/aromatic N) is 4. The molecular formula is C21H20ClF2N5O2. The van der Waals surface area contributed by atoms with Crippen LogP contribution in [-0.2, 0) is 4.79 Å². The Morgan fingerprint density at radius 2 is 2.00 bits per heavy atom. The summed E-state index contributed by atoms with van der Waals surface area (Å²) < 4.78 is 34.4. The SMILES string of the molecule is CCC(=O)N1CCC(Oc2cnc(-c3ccc(F)c(Cl)c3F)c3ncnc(N)c23)CC1. The number of likely N-dealkylation sites (tertiary alicyclic amines) is 1. The molecule has 1 amide bonds. The number of carbonyl (C=O) groups is 1.